The Balaban J connectivity index is 2.24. The third-order valence-corrected chi connectivity index (χ3v) is 5.24. The fourth-order valence-corrected chi connectivity index (χ4v) is 4.21. The molecule has 2 rings (SSSR count). The number of nitrogens with one attached hydrogen (secondary N) is 1. The molecule has 1 N–H and O–H groups in total. The van der Waals surface area contributed by atoms with Crippen LogP contribution in [0.4, 0.5) is 11.5 Å². The zero-order valence-electron chi connectivity index (χ0n) is 13.0. The van der Waals surface area contributed by atoms with E-state index in [9.17, 15) is 10.1 Å². The minimum Gasteiger partial charge on any atom is -0.361 e. The maximum Gasteiger partial charge on any atom is 0.333 e. The highest BCUT2D eigenvalue weighted by Crippen LogP contribution is 2.35. The van der Waals surface area contributed by atoms with Crippen molar-refractivity contribution in [3.05, 3.63) is 15.8 Å². The van der Waals surface area contributed by atoms with Crippen molar-refractivity contribution in [2.75, 3.05) is 11.1 Å². The normalized spacial score (nSPS) is 21.7. The topological polar surface area (TPSA) is 73.0 Å². The first-order chi connectivity index (χ1) is 10.1. The van der Waals surface area contributed by atoms with Crippen LogP contribution in [-0.2, 0) is 13.5 Å². The lowest BCUT2D eigenvalue weighted by Gasteiger charge is -2.20. The van der Waals surface area contributed by atoms with Gasteiger partial charge in [-0.15, -0.1) is 0 Å². The van der Waals surface area contributed by atoms with Gasteiger partial charge in [-0.25, -0.2) is 4.68 Å². The summed E-state index contributed by atoms with van der Waals surface area (Å²) in [6.07, 6.45) is 4.94. The third-order valence-electron chi connectivity index (χ3n) is 3.92. The zero-order valence-corrected chi connectivity index (χ0v) is 13.8. The summed E-state index contributed by atoms with van der Waals surface area (Å²) in [5, 5.41) is 19.7. The van der Waals surface area contributed by atoms with Gasteiger partial charge in [0.25, 0.3) is 0 Å². The highest BCUT2D eigenvalue weighted by molar-refractivity contribution is 7.99. The average molecular weight is 312 g/mol. The minimum absolute atomic E-state index is 0.159. The number of aromatic nitrogens is 2. The summed E-state index contributed by atoms with van der Waals surface area (Å²) in [4.78, 5) is 11.1. The molecule has 0 saturated heterocycles. The van der Waals surface area contributed by atoms with E-state index in [2.05, 4.69) is 17.3 Å². The van der Waals surface area contributed by atoms with E-state index in [0.717, 1.165) is 18.6 Å². The Labute approximate surface area is 129 Å². The van der Waals surface area contributed by atoms with Crippen LogP contribution in [0.5, 0.6) is 0 Å². The van der Waals surface area contributed by atoms with Crippen LogP contribution in [0.1, 0.15) is 45.2 Å². The van der Waals surface area contributed by atoms with Gasteiger partial charge in [-0.05, 0) is 25.0 Å². The molecule has 1 aromatic rings. The molecule has 118 valence electrons. The van der Waals surface area contributed by atoms with Gasteiger partial charge in [0.05, 0.1) is 4.92 Å². The standard InChI is InChI=1S/C14H24N4O2S/c1-4-7-11-13(18(19)20)14(17(3)16-11)15-10-8-6-9-12(10)21-5-2/h10,12,15H,4-9H2,1-3H3. The molecule has 2 unspecified atom stereocenters. The first-order valence-corrected chi connectivity index (χ1v) is 8.71. The monoisotopic (exact) mass is 312 g/mol. The Kier molecular flexibility index (Phi) is 5.50. The molecule has 0 amide bonds. The number of hydrogen-bond donors (Lipinski definition) is 1. The molecular weight excluding hydrogens is 288 g/mol. The van der Waals surface area contributed by atoms with Crippen LogP contribution in [0, 0.1) is 10.1 Å². The molecule has 0 aromatic carbocycles. The number of rotatable bonds is 7. The fraction of sp³-hybridized carbons (Fsp3) is 0.786. The predicted octanol–water partition coefficient (Wildman–Crippen LogP) is 3.37. The summed E-state index contributed by atoms with van der Waals surface area (Å²) in [7, 11) is 1.78. The Morgan fingerprint density at radius 3 is 2.86 bits per heavy atom. The van der Waals surface area contributed by atoms with Crippen LogP contribution in [0.25, 0.3) is 0 Å². The second-order valence-corrected chi connectivity index (χ2v) is 6.97. The molecule has 2 atom stereocenters. The first-order valence-electron chi connectivity index (χ1n) is 7.66. The van der Waals surface area contributed by atoms with Gasteiger partial charge in [0.2, 0.25) is 5.82 Å². The molecule has 1 fully saturated rings. The van der Waals surface area contributed by atoms with Gasteiger partial charge in [0, 0.05) is 18.3 Å². The van der Waals surface area contributed by atoms with Crippen LogP contribution < -0.4 is 5.32 Å². The van der Waals surface area contributed by atoms with Gasteiger partial charge in [-0.1, -0.05) is 26.7 Å². The number of nitro groups is 1. The van der Waals surface area contributed by atoms with Gasteiger partial charge in [-0.2, -0.15) is 16.9 Å². The van der Waals surface area contributed by atoms with Crippen molar-refractivity contribution in [2.24, 2.45) is 7.05 Å². The summed E-state index contributed by atoms with van der Waals surface area (Å²) < 4.78 is 1.63. The SMILES string of the molecule is CCCc1nn(C)c(NC2CCCC2SCC)c1[N+](=O)[O-]. The van der Waals surface area contributed by atoms with E-state index in [4.69, 9.17) is 0 Å². The second kappa shape index (κ2) is 7.15. The molecule has 1 aliphatic rings. The van der Waals surface area contributed by atoms with Crippen molar-refractivity contribution in [1.29, 1.82) is 0 Å². The molecule has 1 aromatic heterocycles. The van der Waals surface area contributed by atoms with Crippen LogP contribution in [-0.4, -0.2) is 31.7 Å². The highest BCUT2D eigenvalue weighted by atomic mass is 32.2. The molecule has 0 bridgehead atoms. The van der Waals surface area contributed by atoms with Crippen LogP contribution >= 0.6 is 11.8 Å². The van der Waals surface area contributed by atoms with Crippen LogP contribution in [0.2, 0.25) is 0 Å². The third kappa shape index (κ3) is 3.51. The summed E-state index contributed by atoms with van der Waals surface area (Å²) in [5.74, 6) is 1.65. The van der Waals surface area contributed by atoms with E-state index < -0.39 is 0 Å². The van der Waals surface area contributed by atoms with E-state index in [-0.39, 0.29) is 10.6 Å². The van der Waals surface area contributed by atoms with E-state index in [1.165, 1.54) is 12.8 Å². The summed E-state index contributed by atoms with van der Waals surface area (Å²) >= 11 is 1.94. The number of thioether (sulfide) groups is 1. The zero-order chi connectivity index (χ0) is 15.4. The van der Waals surface area contributed by atoms with Crippen molar-refractivity contribution in [1.82, 2.24) is 9.78 Å². The lowest BCUT2D eigenvalue weighted by atomic mass is 10.2. The molecular formula is C14H24N4O2S. The average Bonchev–Trinajstić information content (AvgIpc) is 2.97. The van der Waals surface area contributed by atoms with Crippen molar-refractivity contribution < 1.29 is 4.92 Å². The lowest BCUT2D eigenvalue weighted by Crippen LogP contribution is -2.27. The molecule has 7 heteroatoms. The molecule has 0 spiro atoms. The molecule has 21 heavy (non-hydrogen) atoms. The smallest absolute Gasteiger partial charge is 0.333 e. The predicted molar refractivity (Wildman–Crippen MR) is 87.0 cm³/mol. The number of hydrogen-bond acceptors (Lipinski definition) is 5. The molecule has 0 radical (unpaired) electrons. The van der Waals surface area contributed by atoms with E-state index in [1.54, 1.807) is 11.7 Å². The fourth-order valence-electron chi connectivity index (χ4n) is 3.01. The van der Waals surface area contributed by atoms with Crippen molar-refractivity contribution in [3.63, 3.8) is 0 Å². The molecule has 0 aliphatic heterocycles. The Morgan fingerprint density at radius 2 is 2.24 bits per heavy atom. The van der Waals surface area contributed by atoms with Crippen molar-refractivity contribution in [3.8, 4) is 0 Å². The van der Waals surface area contributed by atoms with Gasteiger partial charge in [-0.3, -0.25) is 10.1 Å². The molecule has 1 heterocycles. The van der Waals surface area contributed by atoms with Gasteiger partial charge >= 0.3 is 5.69 Å². The first kappa shape index (κ1) is 16.1. The Hall–Kier alpha value is -1.24. The van der Waals surface area contributed by atoms with Crippen molar-refractivity contribution >= 4 is 23.3 Å². The van der Waals surface area contributed by atoms with Gasteiger partial charge < -0.3 is 5.32 Å². The van der Waals surface area contributed by atoms with E-state index in [0.29, 0.717) is 29.2 Å². The van der Waals surface area contributed by atoms with Crippen LogP contribution in [0.15, 0.2) is 0 Å². The molecule has 6 nitrogen and oxygen atoms in total. The van der Waals surface area contributed by atoms with E-state index >= 15 is 0 Å². The van der Waals surface area contributed by atoms with Crippen molar-refractivity contribution in [2.45, 2.75) is 57.2 Å². The number of anilines is 1. The second-order valence-electron chi connectivity index (χ2n) is 5.45. The number of aryl methyl sites for hydroxylation is 2. The maximum absolute atomic E-state index is 11.4. The molecule has 1 saturated carbocycles. The van der Waals surface area contributed by atoms with Gasteiger partial charge in [0.1, 0.15) is 5.69 Å². The summed E-state index contributed by atoms with van der Waals surface area (Å²) in [6.45, 7) is 4.17. The summed E-state index contributed by atoms with van der Waals surface area (Å²) in [6, 6.07) is 0.304. The minimum atomic E-state index is -0.294. The quantitative estimate of drug-likeness (QED) is 0.617. The maximum atomic E-state index is 11.4. The molecule has 1 aliphatic carbocycles. The number of nitrogens with zero attached hydrogens (tertiary/aromatic N) is 3. The van der Waals surface area contributed by atoms with Crippen LogP contribution in [0.3, 0.4) is 0 Å². The van der Waals surface area contributed by atoms with Gasteiger partial charge in [0.15, 0.2) is 0 Å². The highest BCUT2D eigenvalue weighted by Gasteiger charge is 2.32. The lowest BCUT2D eigenvalue weighted by molar-refractivity contribution is -0.384. The summed E-state index contributed by atoms with van der Waals surface area (Å²) in [5.41, 5.74) is 0.747. The van der Waals surface area contributed by atoms with E-state index in [1.807, 2.05) is 18.7 Å². The largest absolute Gasteiger partial charge is 0.361 e. The Bertz CT molecular complexity index is 503. The Morgan fingerprint density at radius 1 is 1.48 bits per heavy atom.